The van der Waals surface area contributed by atoms with E-state index in [0.717, 1.165) is 21.5 Å². The van der Waals surface area contributed by atoms with Gasteiger partial charge in [0.05, 0.1) is 5.69 Å². The Bertz CT molecular complexity index is 692. The number of hydrogen-bond donors (Lipinski definition) is 0. The van der Waals surface area contributed by atoms with Gasteiger partial charge in [-0.2, -0.15) is 0 Å². The van der Waals surface area contributed by atoms with Crippen molar-refractivity contribution >= 4 is 27.5 Å². The molecule has 0 fully saturated rings. The largest absolute Gasteiger partial charge is 0.266 e. The Morgan fingerprint density at radius 2 is 1.58 bits per heavy atom. The SMILES string of the molecule is Clc1nnc(-c2ccccc2)n1-c1ccc(Br)cc1. The van der Waals surface area contributed by atoms with Gasteiger partial charge in [-0.1, -0.05) is 46.3 Å². The Kier molecular flexibility index (Phi) is 3.36. The molecule has 0 unspecified atom stereocenters. The minimum atomic E-state index is 0.348. The Morgan fingerprint density at radius 1 is 0.895 bits per heavy atom. The van der Waals surface area contributed by atoms with Gasteiger partial charge in [0.2, 0.25) is 5.28 Å². The van der Waals surface area contributed by atoms with E-state index in [0.29, 0.717) is 5.28 Å². The third-order valence-corrected chi connectivity index (χ3v) is 3.51. The first-order valence-electron chi connectivity index (χ1n) is 5.68. The maximum absolute atomic E-state index is 6.15. The van der Waals surface area contributed by atoms with Gasteiger partial charge in [0, 0.05) is 10.0 Å². The molecule has 0 spiro atoms. The Morgan fingerprint density at radius 3 is 2.26 bits per heavy atom. The first kappa shape index (κ1) is 12.4. The highest BCUT2D eigenvalue weighted by Gasteiger charge is 2.13. The van der Waals surface area contributed by atoms with Gasteiger partial charge in [-0.05, 0) is 35.9 Å². The van der Waals surface area contributed by atoms with Gasteiger partial charge in [-0.25, -0.2) is 0 Å². The van der Waals surface area contributed by atoms with Crippen LogP contribution in [-0.2, 0) is 0 Å². The van der Waals surface area contributed by atoms with E-state index in [4.69, 9.17) is 11.6 Å². The summed E-state index contributed by atoms with van der Waals surface area (Å²) in [5, 5.41) is 8.46. The standard InChI is InChI=1S/C14H9BrClN3/c15-11-6-8-12(9-7-11)19-13(17-18-14(19)16)10-4-2-1-3-5-10/h1-9H. The summed E-state index contributed by atoms with van der Waals surface area (Å²) in [5.41, 5.74) is 1.90. The van der Waals surface area contributed by atoms with Crippen LogP contribution in [0.3, 0.4) is 0 Å². The first-order valence-corrected chi connectivity index (χ1v) is 6.85. The molecule has 0 aliphatic rings. The van der Waals surface area contributed by atoms with Crippen LogP contribution >= 0.6 is 27.5 Å². The van der Waals surface area contributed by atoms with Gasteiger partial charge >= 0.3 is 0 Å². The van der Waals surface area contributed by atoms with Crippen molar-refractivity contribution < 1.29 is 0 Å². The zero-order valence-electron chi connectivity index (χ0n) is 9.79. The maximum Gasteiger partial charge on any atom is 0.229 e. The smallest absolute Gasteiger partial charge is 0.229 e. The van der Waals surface area contributed by atoms with E-state index >= 15 is 0 Å². The van der Waals surface area contributed by atoms with Crippen molar-refractivity contribution in [1.82, 2.24) is 14.8 Å². The lowest BCUT2D eigenvalue weighted by Gasteiger charge is -2.07. The third kappa shape index (κ3) is 2.41. The maximum atomic E-state index is 6.15. The lowest BCUT2D eigenvalue weighted by atomic mass is 10.2. The van der Waals surface area contributed by atoms with Crippen molar-refractivity contribution in [2.24, 2.45) is 0 Å². The van der Waals surface area contributed by atoms with Crippen molar-refractivity contribution in [3.8, 4) is 17.1 Å². The number of rotatable bonds is 2. The van der Waals surface area contributed by atoms with E-state index in [1.54, 1.807) is 0 Å². The van der Waals surface area contributed by atoms with Gasteiger partial charge in [0.25, 0.3) is 0 Å². The summed E-state index contributed by atoms with van der Waals surface area (Å²) < 4.78 is 2.84. The summed E-state index contributed by atoms with van der Waals surface area (Å²) in [7, 11) is 0. The van der Waals surface area contributed by atoms with E-state index in [1.807, 2.05) is 59.2 Å². The summed E-state index contributed by atoms with van der Waals surface area (Å²) >= 11 is 9.56. The average molecular weight is 335 g/mol. The number of halogens is 2. The minimum Gasteiger partial charge on any atom is -0.266 e. The second-order valence-electron chi connectivity index (χ2n) is 3.97. The second-order valence-corrected chi connectivity index (χ2v) is 5.22. The van der Waals surface area contributed by atoms with Crippen molar-refractivity contribution in [3.05, 3.63) is 64.4 Å². The topological polar surface area (TPSA) is 30.7 Å². The van der Waals surface area contributed by atoms with E-state index in [2.05, 4.69) is 26.1 Å². The van der Waals surface area contributed by atoms with Crippen molar-refractivity contribution in [3.63, 3.8) is 0 Å². The Balaban J connectivity index is 2.17. The first-order chi connectivity index (χ1) is 9.25. The zero-order valence-corrected chi connectivity index (χ0v) is 12.1. The molecule has 3 aromatic rings. The number of hydrogen-bond acceptors (Lipinski definition) is 2. The van der Waals surface area contributed by atoms with Crippen LogP contribution in [0, 0.1) is 0 Å². The van der Waals surface area contributed by atoms with Gasteiger partial charge in [-0.15, -0.1) is 10.2 Å². The zero-order chi connectivity index (χ0) is 13.2. The van der Waals surface area contributed by atoms with Crippen LogP contribution in [0.1, 0.15) is 0 Å². The molecule has 0 saturated carbocycles. The van der Waals surface area contributed by atoms with Crippen molar-refractivity contribution in [2.75, 3.05) is 0 Å². The fourth-order valence-electron chi connectivity index (χ4n) is 1.86. The van der Waals surface area contributed by atoms with Crippen LogP contribution in [0.15, 0.2) is 59.1 Å². The predicted octanol–water partition coefficient (Wildman–Crippen LogP) is 4.35. The lowest BCUT2D eigenvalue weighted by molar-refractivity contribution is 1.06. The van der Waals surface area contributed by atoms with Crippen LogP contribution in [0.5, 0.6) is 0 Å². The molecule has 0 aliphatic carbocycles. The summed E-state index contributed by atoms with van der Waals surface area (Å²) in [6.07, 6.45) is 0. The predicted molar refractivity (Wildman–Crippen MR) is 79.5 cm³/mol. The molecular weight excluding hydrogens is 326 g/mol. The fraction of sp³-hybridized carbons (Fsp3) is 0. The molecule has 3 nitrogen and oxygen atoms in total. The van der Waals surface area contributed by atoms with E-state index in [-0.39, 0.29) is 0 Å². The molecule has 0 atom stereocenters. The molecular formula is C14H9BrClN3. The normalized spacial score (nSPS) is 10.6. The quantitative estimate of drug-likeness (QED) is 0.697. The van der Waals surface area contributed by atoms with Crippen LogP contribution in [0.25, 0.3) is 17.1 Å². The minimum absolute atomic E-state index is 0.348. The average Bonchev–Trinajstić information content (AvgIpc) is 2.83. The van der Waals surface area contributed by atoms with Crippen LogP contribution in [0.2, 0.25) is 5.28 Å². The molecule has 0 amide bonds. The molecule has 0 bridgehead atoms. The molecule has 19 heavy (non-hydrogen) atoms. The molecule has 1 heterocycles. The monoisotopic (exact) mass is 333 g/mol. The number of nitrogens with zero attached hydrogens (tertiary/aromatic N) is 3. The van der Waals surface area contributed by atoms with Crippen molar-refractivity contribution in [1.29, 1.82) is 0 Å². The molecule has 0 radical (unpaired) electrons. The van der Waals surface area contributed by atoms with Gasteiger partial charge in [0.15, 0.2) is 5.82 Å². The molecule has 5 heteroatoms. The number of benzene rings is 2. The molecule has 2 aromatic carbocycles. The fourth-order valence-corrected chi connectivity index (χ4v) is 2.34. The Hall–Kier alpha value is -1.65. The summed E-state index contributed by atoms with van der Waals surface area (Å²) in [5.74, 6) is 0.730. The highest BCUT2D eigenvalue weighted by Crippen LogP contribution is 2.25. The summed E-state index contributed by atoms with van der Waals surface area (Å²) in [6, 6.07) is 17.7. The molecule has 0 aliphatic heterocycles. The molecule has 0 saturated heterocycles. The molecule has 1 aromatic heterocycles. The van der Waals surface area contributed by atoms with Crippen molar-refractivity contribution in [2.45, 2.75) is 0 Å². The highest BCUT2D eigenvalue weighted by molar-refractivity contribution is 9.10. The van der Waals surface area contributed by atoms with Crippen LogP contribution in [0.4, 0.5) is 0 Å². The van der Waals surface area contributed by atoms with E-state index < -0.39 is 0 Å². The van der Waals surface area contributed by atoms with Crippen LogP contribution in [-0.4, -0.2) is 14.8 Å². The number of aromatic nitrogens is 3. The lowest BCUT2D eigenvalue weighted by Crippen LogP contribution is -1.97. The van der Waals surface area contributed by atoms with Gasteiger partial charge < -0.3 is 0 Å². The van der Waals surface area contributed by atoms with Gasteiger partial charge in [0.1, 0.15) is 0 Å². The molecule has 0 N–H and O–H groups in total. The summed E-state index contributed by atoms with van der Waals surface area (Å²) in [6.45, 7) is 0. The third-order valence-electron chi connectivity index (χ3n) is 2.74. The van der Waals surface area contributed by atoms with E-state index in [9.17, 15) is 0 Å². The summed E-state index contributed by atoms with van der Waals surface area (Å²) in [4.78, 5) is 0. The molecule has 3 rings (SSSR count). The Labute approximate surface area is 124 Å². The molecule has 94 valence electrons. The van der Waals surface area contributed by atoms with Gasteiger partial charge in [-0.3, -0.25) is 4.57 Å². The second kappa shape index (κ2) is 5.15. The highest BCUT2D eigenvalue weighted by atomic mass is 79.9. The van der Waals surface area contributed by atoms with E-state index in [1.165, 1.54) is 0 Å². The van der Waals surface area contributed by atoms with Crippen LogP contribution < -0.4 is 0 Å².